The van der Waals surface area contributed by atoms with E-state index >= 15 is 0 Å². The molecule has 1 aliphatic rings. The molecule has 0 radical (unpaired) electrons. The Morgan fingerprint density at radius 3 is 2.67 bits per heavy atom. The molecular weight excluding hydrogens is 385 g/mol. The maximum absolute atomic E-state index is 13.0. The molecule has 0 saturated heterocycles. The van der Waals surface area contributed by atoms with Gasteiger partial charge in [0.05, 0.1) is 5.56 Å². The van der Waals surface area contributed by atoms with Gasteiger partial charge in [-0.1, -0.05) is 37.3 Å². The number of hydrogen-bond acceptors (Lipinski definition) is 2. The van der Waals surface area contributed by atoms with Gasteiger partial charge in [-0.15, -0.1) is 0 Å². The largest absolute Gasteiger partial charge is 0.416 e. The molecule has 0 spiro atoms. The maximum Gasteiger partial charge on any atom is 0.416 e. The van der Waals surface area contributed by atoms with Crippen molar-refractivity contribution in [3.8, 4) is 0 Å². The summed E-state index contributed by atoms with van der Waals surface area (Å²) in [6.45, 7) is 4.68. The van der Waals surface area contributed by atoms with E-state index < -0.39 is 11.7 Å². The Bertz CT molecular complexity index is 1070. The van der Waals surface area contributed by atoms with Crippen molar-refractivity contribution in [1.29, 1.82) is 0 Å². The second-order valence-electron chi connectivity index (χ2n) is 7.78. The van der Waals surface area contributed by atoms with Crippen molar-refractivity contribution in [3.63, 3.8) is 0 Å². The summed E-state index contributed by atoms with van der Waals surface area (Å²) in [7, 11) is 0. The van der Waals surface area contributed by atoms with Gasteiger partial charge in [0.25, 0.3) is 0 Å². The van der Waals surface area contributed by atoms with Gasteiger partial charge in [0.1, 0.15) is 0 Å². The molecule has 2 heterocycles. The second kappa shape index (κ2) is 8.60. The Morgan fingerprint density at radius 2 is 1.93 bits per heavy atom. The van der Waals surface area contributed by atoms with Gasteiger partial charge in [-0.05, 0) is 65.6 Å². The molecule has 0 bridgehead atoms. The van der Waals surface area contributed by atoms with Crippen molar-refractivity contribution in [3.05, 3.63) is 83.2 Å². The molecule has 3 aromatic rings. The van der Waals surface area contributed by atoms with Crippen molar-refractivity contribution >= 4 is 16.3 Å². The van der Waals surface area contributed by atoms with Crippen LogP contribution in [0.4, 0.5) is 13.2 Å². The summed E-state index contributed by atoms with van der Waals surface area (Å²) in [5, 5.41) is 2.44. The van der Waals surface area contributed by atoms with E-state index in [0.717, 1.165) is 56.2 Å². The molecule has 2 nitrogen and oxygen atoms in total. The molecule has 30 heavy (non-hydrogen) atoms. The molecule has 0 saturated carbocycles. The zero-order chi connectivity index (χ0) is 21.1. The lowest BCUT2D eigenvalue weighted by atomic mass is 9.97. The van der Waals surface area contributed by atoms with Crippen molar-refractivity contribution in [2.45, 2.75) is 32.4 Å². The van der Waals surface area contributed by atoms with Gasteiger partial charge < -0.3 is 0 Å². The average molecular weight is 410 g/mol. The topological polar surface area (TPSA) is 16.1 Å². The third-order valence-corrected chi connectivity index (χ3v) is 5.82. The van der Waals surface area contributed by atoms with Gasteiger partial charge in [0.15, 0.2) is 0 Å². The molecule has 0 unspecified atom stereocenters. The van der Waals surface area contributed by atoms with Crippen LogP contribution in [0.3, 0.4) is 0 Å². The summed E-state index contributed by atoms with van der Waals surface area (Å²) in [5.74, 6) is 0. The number of nitrogens with zero attached hydrogens (tertiary/aromatic N) is 2. The van der Waals surface area contributed by atoms with Crippen molar-refractivity contribution in [1.82, 2.24) is 9.88 Å². The minimum absolute atomic E-state index is 0.583. The first-order valence-corrected chi connectivity index (χ1v) is 10.4. The highest BCUT2D eigenvalue weighted by molar-refractivity contribution is 5.85. The molecule has 4 rings (SSSR count). The molecule has 1 aliphatic heterocycles. The number of pyridine rings is 1. The van der Waals surface area contributed by atoms with Gasteiger partial charge in [-0.3, -0.25) is 9.88 Å². The molecular formula is C25H25F3N2. The number of fused-ring (bicyclic) bond motifs is 1. The number of aromatic nitrogens is 1. The van der Waals surface area contributed by atoms with Crippen molar-refractivity contribution in [2.24, 2.45) is 0 Å². The Kier molecular flexibility index (Phi) is 5.91. The van der Waals surface area contributed by atoms with Crippen LogP contribution in [-0.2, 0) is 19.0 Å². The van der Waals surface area contributed by atoms with E-state index in [1.807, 2.05) is 12.3 Å². The van der Waals surface area contributed by atoms with E-state index in [1.54, 1.807) is 6.07 Å². The number of rotatable bonds is 5. The SMILES string of the molecule is CCc1nccc2ccc(CCN3CC=C(c4cccc(C(F)(F)F)c4)CC3)cc12. The van der Waals surface area contributed by atoms with E-state index in [0.29, 0.717) is 5.56 Å². The van der Waals surface area contributed by atoms with Crippen LogP contribution in [0, 0.1) is 0 Å². The number of benzene rings is 2. The fourth-order valence-corrected chi connectivity index (χ4v) is 4.07. The minimum Gasteiger partial charge on any atom is -0.299 e. The standard InChI is InChI=1S/C25H25F3N2/c1-2-24-23-16-18(6-7-20(23)8-12-29-24)9-13-30-14-10-19(11-15-30)21-4-3-5-22(17-21)25(26,27)28/h3-8,10,12,16-17H,2,9,11,13-15H2,1H3. The zero-order valence-electron chi connectivity index (χ0n) is 17.0. The van der Waals surface area contributed by atoms with Crippen LogP contribution in [0.25, 0.3) is 16.3 Å². The fraction of sp³-hybridized carbons (Fsp3) is 0.320. The van der Waals surface area contributed by atoms with E-state index in [4.69, 9.17) is 0 Å². The molecule has 0 aliphatic carbocycles. The molecule has 5 heteroatoms. The van der Waals surface area contributed by atoms with Crippen LogP contribution in [-0.4, -0.2) is 29.5 Å². The third kappa shape index (κ3) is 4.57. The molecule has 0 amide bonds. The summed E-state index contributed by atoms with van der Waals surface area (Å²) in [6, 6.07) is 14.3. The van der Waals surface area contributed by atoms with Gasteiger partial charge in [-0.25, -0.2) is 0 Å². The first-order chi connectivity index (χ1) is 14.4. The molecule has 0 atom stereocenters. The van der Waals surface area contributed by atoms with Crippen LogP contribution in [0.15, 0.2) is 60.8 Å². The summed E-state index contributed by atoms with van der Waals surface area (Å²) in [4.78, 5) is 6.84. The van der Waals surface area contributed by atoms with Gasteiger partial charge in [0.2, 0.25) is 0 Å². The van der Waals surface area contributed by atoms with Gasteiger partial charge >= 0.3 is 6.18 Å². The van der Waals surface area contributed by atoms with Crippen molar-refractivity contribution in [2.75, 3.05) is 19.6 Å². The molecule has 156 valence electrons. The smallest absolute Gasteiger partial charge is 0.299 e. The second-order valence-corrected chi connectivity index (χ2v) is 7.78. The lowest BCUT2D eigenvalue weighted by Gasteiger charge is -2.26. The van der Waals surface area contributed by atoms with Crippen LogP contribution < -0.4 is 0 Å². The Balaban J connectivity index is 1.40. The zero-order valence-corrected chi connectivity index (χ0v) is 17.0. The predicted molar refractivity (Wildman–Crippen MR) is 115 cm³/mol. The quantitative estimate of drug-likeness (QED) is 0.502. The average Bonchev–Trinajstić information content (AvgIpc) is 2.77. The van der Waals surface area contributed by atoms with Crippen LogP contribution in [0.2, 0.25) is 0 Å². The molecule has 0 fully saturated rings. The van der Waals surface area contributed by atoms with Crippen LogP contribution in [0.1, 0.15) is 35.7 Å². The summed E-state index contributed by atoms with van der Waals surface area (Å²) in [5.41, 5.74) is 3.51. The minimum atomic E-state index is -4.30. The summed E-state index contributed by atoms with van der Waals surface area (Å²) < 4.78 is 38.9. The maximum atomic E-state index is 13.0. The van der Waals surface area contributed by atoms with Gasteiger partial charge in [0, 0.05) is 36.9 Å². The lowest BCUT2D eigenvalue weighted by Crippen LogP contribution is -2.30. The highest BCUT2D eigenvalue weighted by Crippen LogP contribution is 2.32. The highest BCUT2D eigenvalue weighted by atomic mass is 19.4. The van der Waals surface area contributed by atoms with E-state index in [9.17, 15) is 13.2 Å². The first-order valence-electron chi connectivity index (χ1n) is 10.4. The van der Waals surface area contributed by atoms with E-state index in [-0.39, 0.29) is 0 Å². The number of aryl methyl sites for hydroxylation is 1. The monoisotopic (exact) mass is 410 g/mol. The third-order valence-electron chi connectivity index (χ3n) is 5.82. The normalized spacial score (nSPS) is 15.4. The Labute approximate surface area is 175 Å². The predicted octanol–water partition coefficient (Wildman–Crippen LogP) is 6.15. The Hall–Kier alpha value is -2.66. The van der Waals surface area contributed by atoms with Gasteiger partial charge in [-0.2, -0.15) is 13.2 Å². The lowest BCUT2D eigenvalue weighted by molar-refractivity contribution is -0.137. The first kappa shape index (κ1) is 20.6. The summed E-state index contributed by atoms with van der Waals surface area (Å²) >= 11 is 0. The highest BCUT2D eigenvalue weighted by Gasteiger charge is 2.30. The number of hydrogen-bond donors (Lipinski definition) is 0. The van der Waals surface area contributed by atoms with E-state index in [2.05, 4.69) is 41.1 Å². The number of halogens is 3. The Morgan fingerprint density at radius 1 is 1.07 bits per heavy atom. The van der Waals surface area contributed by atoms with E-state index in [1.165, 1.54) is 28.5 Å². The molecule has 1 aromatic heterocycles. The van der Waals surface area contributed by atoms with Crippen molar-refractivity contribution < 1.29 is 13.2 Å². The fourth-order valence-electron chi connectivity index (χ4n) is 4.07. The number of alkyl halides is 3. The van der Waals surface area contributed by atoms with Crippen LogP contribution >= 0.6 is 0 Å². The molecule has 0 N–H and O–H groups in total. The van der Waals surface area contributed by atoms with Crippen LogP contribution in [0.5, 0.6) is 0 Å². The molecule has 2 aromatic carbocycles. The summed E-state index contributed by atoms with van der Waals surface area (Å²) in [6.07, 6.45) is 2.26.